The van der Waals surface area contributed by atoms with E-state index < -0.39 is 0 Å². The van der Waals surface area contributed by atoms with Crippen LogP contribution in [0.5, 0.6) is 17.2 Å². The van der Waals surface area contributed by atoms with Gasteiger partial charge in [0.15, 0.2) is 11.5 Å². The summed E-state index contributed by atoms with van der Waals surface area (Å²) in [7, 11) is 6.80. The highest BCUT2D eigenvalue weighted by atomic mass is 32.1. The number of ether oxygens (including phenoxy) is 3. The van der Waals surface area contributed by atoms with Gasteiger partial charge in [-0.25, -0.2) is 4.79 Å². The second-order valence-electron chi connectivity index (χ2n) is 8.27. The quantitative estimate of drug-likeness (QED) is 0.479. The van der Waals surface area contributed by atoms with Gasteiger partial charge in [-0.3, -0.25) is 0 Å². The monoisotopic (exact) mass is 484 g/mol. The first-order valence-electron chi connectivity index (χ1n) is 11.3. The summed E-state index contributed by atoms with van der Waals surface area (Å²) in [6, 6.07) is 7.08. The molecular weight excluding hydrogens is 452 g/mol. The van der Waals surface area contributed by atoms with E-state index in [1.165, 1.54) is 21.0 Å². The predicted octanol–water partition coefficient (Wildman–Crippen LogP) is 4.83. The second-order valence-corrected chi connectivity index (χ2v) is 9.36. The molecule has 9 heteroatoms. The molecule has 1 atom stereocenters. The zero-order chi connectivity index (χ0) is 24.2. The van der Waals surface area contributed by atoms with Gasteiger partial charge in [-0.15, -0.1) is 11.3 Å². The molecule has 3 heterocycles. The smallest absolute Gasteiger partial charge is 0.319 e. The molecule has 1 aliphatic rings. The third-order valence-electron chi connectivity index (χ3n) is 6.09. The molecule has 1 aliphatic heterocycles. The molecule has 1 aromatic carbocycles. The number of rotatable bonds is 8. The summed E-state index contributed by atoms with van der Waals surface area (Å²) in [5.41, 5.74) is 3.14. The third kappa shape index (κ3) is 4.71. The van der Waals surface area contributed by atoms with E-state index in [9.17, 15) is 4.79 Å². The average molecular weight is 485 g/mol. The van der Waals surface area contributed by atoms with Crippen molar-refractivity contribution in [1.29, 1.82) is 0 Å². The number of carbonyl (C=O) groups is 1. The molecule has 0 saturated heterocycles. The van der Waals surface area contributed by atoms with Crippen molar-refractivity contribution in [2.24, 2.45) is 0 Å². The minimum absolute atomic E-state index is 0.122. The van der Waals surface area contributed by atoms with Crippen LogP contribution in [0.3, 0.4) is 0 Å². The minimum Gasteiger partial charge on any atom is -0.493 e. The molecule has 0 bridgehead atoms. The Balaban J connectivity index is 1.62. The highest BCUT2D eigenvalue weighted by Gasteiger charge is 2.28. The molecule has 182 valence electrons. The standard InChI is InChI=1S/C25H32N4O4S/c1-6-18(27-25(30)26-16-13-19(31-3)23(33-5)20(14-16)32-4)22-17-9-12-28(2)15-21(17)34-24(22)29-10-7-8-11-29/h7-8,10-11,13-14,18H,6,9,12,15H2,1-5H3,(H2,26,27,30)/t18-/m0/s1. The highest BCUT2D eigenvalue weighted by Crippen LogP contribution is 2.41. The lowest BCUT2D eigenvalue weighted by atomic mass is 9.96. The summed E-state index contributed by atoms with van der Waals surface area (Å²) in [5.74, 6) is 1.44. The minimum atomic E-state index is -0.285. The number of likely N-dealkylation sites (N-methyl/N-ethyl adjacent to an activating group) is 1. The summed E-state index contributed by atoms with van der Waals surface area (Å²) in [5, 5.41) is 7.31. The lowest BCUT2D eigenvalue weighted by molar-refractivity contribution is 0.248. The zero-order valence-electron chi connectivity index (χ0n) is 20.3. The fraction of sp³-hybridized carbons (Fsp3) is 0.400. The van der Waals surface area contributed by atoms with Crippen LogP contribution in [0.1, 0.15) is 35.4 Å². The number of urea groups is 1. The predicted molar refractivity (Wildman–Crippen MR) is 135 cm³/mol. The number of nitrogens with one attached hydrogen (secondary N) is 2. The summed E-state index contributed by atoms with van der Waals surface area (Å²) in [6.45, 7) is 4.04. The largest absolute Gasteiger partial charge is 0.493 e. The molecule has 0 unspecified atom stereocenters. The molecule has 34 heavy (non-hydrogen) atoms. The van der Waals surface area contributed by atoms with Crippen LogP contribution >= 0.6 is 11.3 Å². The van der Waals surface area contributed by atoms with Gasteiger partial charge in [0, 0.05) is 48.1 Å². The van der Waals surface area contributed by atoms with Crippen molar-refractivity contribution < 1.29 is 19.0 Å². The summed E-state index contributed by atoms with van der Waals surface area (Å²) < 4.78 is 18.3. The lowest BCUT2D eigenvalue weighted by Crippen LogP contribution is -2.34. The second kappa shape index (κ2) is 10.4. The lowest BCUT2D eigenvalue weighted by Gasteiger charge is -2.25. The molecule has 2 N–H and O–H groups in total. The molecule has 3 aromatic rings. The van der Waals surface area contributed by atoms with Crippen LogP contribution in [0.15, 0.2) is 36.7 Å². The average Bonchev–Trinajstić information content (AvgIpc) is 3.49. The van der Waals surface area contributed by atoms with E-state index in [1.54, 1.807) is 33.5 Å². The molecule has 4 rings (SSSR count). The molecule has 0 saturated carbocycles. The molecule has 0 radical (unpaired) electrons. The Morgan fingerprint density at radius 2 is 1.79 bits per heavy atom. The highest BCUT2D eigenvalue weighted by molar-refractivity contribution is 7.15. The first-order chi connectivity index (χ1) is 16.5. The van der Waals surface area contributed by atoms with E-state index in [2.05, 4.69) is 46.5 Å². The fourth-order valence-electron chi connectivity index (χ4n) is 4.42. The summed E-state index contributed by atoms with van der Waals surface area (Å²) in [4.78, 5) is 16.8. The number of anilines is 1. The van der Waals surface area contributed by atoms with Crippen molar-refractivity contribution in [2.45, 2.75) is 32.4 Å². The van der Waals surface area contributed by atoms with E-state index in [-0.39, 0.29) is 12.1 Å². The van der Waals surface area contributed by atoms with Crippen LogP contribution in [0.2, 0.25) is 0 Å². The Bertz CT molecular complexity index is 1120. The number of hydrogen-bond donors (Lipinski definition) is 2. The van der Waals surface area contributed by atoms with Gasteiger partial charge in [-0.1, -0.05) is 6.92 Å². The first kappa shape index (κ1) is 24.0. The van der Waals surface area contributed by atoms with Gasteiger partial charge >= 0.3 is 6.03 Å². The number of methoxy groups -OCH3 is 3. The summed E-state index contributed by atoms with van der Waals surface area (Å²) in [6.07, 6.45) is 5.88. The number of nitrogens with zero attached hydrogens (tertiary/aromatic N) is 2. The SMILES string of the molecule is CC[C@H](NC(=O)Nc1cc(OC)c(OC)c(OC)c1)c1c(-n2cccc2)sc2c1CCN(C)C2. The van der Waals surface area contributed by atoms with Crippen molar-refractivity contribution in [3.8, 4) is 22.2 Å². The summed E-state index contributed by atoms with van der Waals surface area (Å²) >= 11 is 1.81. The first-order valence-corrected chi connectivity index (χ1v) is 12.1. The third-order valence-corrected chi connectivity index (χ3v) is 7.34. The Morgan fingerprint density at radius 3 is 2.38 bits per heavy atom. The van der Waals surface area contributed by atoms with Crippen LogP contribution in [0.25, 0.3) is 5.00 Å². The molecule has 0 spiro atoms. The van der Waals surface area contributed by atoms with Crippen LogP contribution < -0.4 is 24.8 Å². The molecule has 2 amide bonds. The van der Waals surface area contributed by atoms with Gasteiger partial charge in [0.25, 0.3) is 0 Å². The molecular formula is C25H32N4O4S. The molecule has 0 aliphatic carbocycles. The number of thiophene rings is 1. The maximum absolute atomic E-state index is 13.1. The van der Waals surface area contributed by atoms with Crippen molar-refractivity contribution in [1.82, 2.24) is 14.8 Å². The van der Waals surface area contributed by atoms with Gasteiger partial charge in [0.1, 0.15) is 5.00 Å². The number of hydrogen-bond acceptors (Lipinski definition) is 6. The van der Waals surface area contributed by atoms with Gasteiger partial charge < -0.3 is 34.3 Å². The van der Waals surface area contributed by atoms with E-state index >= 15 is 0 Å². The zero-order valence-corrected chi connectivity index (χ0v) is 21.1. The van der Waals surface area contributed by atoms with Gasteiger partial charge in [0.05, 0.1) is 33.1 Å². The van der Waals surface area contributed by atoms with Crippen molar-refractivity contribution in [3.63, 3.8) is 0 Å². The van der Waals surface area contributed by atoms with Crippen LogP contribution in [0.4, 0.5) is 10.5 Å². The maximum atomic E-state index is 13.1. The number of fused-ring (bicyclic) bond motifs is 1. The Hall–Kier alpha value is -3.17. The van der Waals surface area contributed by atoms with Gasteiger partial charge in [-0.05, 0) is 37.6 Å². The van der Waals surface area contributed by atoms with E-state index in [1.807, 2.05) is 23.5 Å². The Labute approximate surface area is 204 Å². The Kier molecular flexibility index (Phi) is 7.33. The molecule has 0 fully saturated rings. The number of carbonyl (C=O) groups excluding carboxylic acids is 1. The molecule has 8 nitrogen and oxygen atoms in total. The van der Waals surface area contributed by atoms with Crippen molar-refractivity contribution in [3.05, 3.63) is 52.7 Å². The Morgan fingerprint density at radius 1 is 1.12 bits per heavy atom. The van der Waals surface area contributed by atoms with Crippen molar-refractivity contribution in [2.75, 3.05) is 40.2 Å². The topological polar surface area (TPSA) is 77.0 Å². The fourth-order valence-corrected chi connectivity index (χ4v) is 5.88. The van der Waals surface area contributed by atoms with Crippen LogP contribution in [-0.2, 0) is 13.0 Å². The van der Waals surface area contributed by atoms with E-state index in [0.29, 0.717) is 22.9 Å². The van der Waals surface area contributed by atoms with Crippen molar-refractivity contribution >= 4 is 23.1 Å². The van der Waals surface area contributed by atoms with E-state index in [4.69, 9.17) is 14.2 Å². The van der Waals surface area contributed by atoms with Crippen LogP contribution in [-0.4, -0.2) is 50.4 Å². The maximum Gasteiger partial charge on any atom is 0.319 e. The van der Waals surface area contributed by atoms with Crippen LogP contribution in [0, 0.1) is 0 Å². The number of amides is 2. The number of aromatic nitrogens is 1. The molecule has 2 aromatic heterocycles. The van der Waals surface area contributed by atoms with E-state index in [0.717, 1.165) is 25.9 Å². The number of benzene rings is 1. The normalized spacial score (nSPS) is 14.3. The van der Waals surface area contributed by atoms with Gasteiger partial charge in [-0.2, -0.15) is 0 Å². The van der Waals surface area contributed by atoms with Gasteiger partial charge in [0.2, 0.25) is 5.75 Å².